The Morgan fingerprint density at radius 3 is 2.84 bits per heavy atom. The molecule has 104 valence electrons. The molecule has 2 aromatic heterocycles. The fraction of sp³-hybridized carbons (Fsp3) is 0.583. The highest BCUT2D eigenvalue weighted by atomic mass is 16.5. The maximum atomic E-state index is 6.13. The van der Waals surface area contributed by atoms with Gasteiger partial charge in [0.05, 0.1) is 12.3 Å². The summed E-state index contributed by atoms with van der Waals surface area (Å²) >= 11 is 0. The minimum atomic E-state index is -0.772. The molecule has 2 N–H and O–H groups in total. The van der Waals surface area contributed by atoms with Crippen molar-refractivity contribution in [1.29, 1.82) is 0 Å². The molecular formula is C12H19N5O2. The van der Waals surface area contributed by atoms with E-state index in [-0.39, 0.29) is 0 Å². The molecule has 1 atom stereocenters. The number of aryl methyl sites for hydroxylation is 2. The van der Waals surface area contributed by atoms with Crippen LogP contribution in [0.1, 0.15) is 25.4 Å². The molecule has 2 rings (SSSR count). The maximum Gasteiger partial charge on any atom is 0.276 e. The van der Waals surface area contributed by atoms with Crippen molar-refractivity contribution >= 4 is 0 Å². The summed E-state index contributed by atoms with van der Waals surface area (Å²) in [6.07, 6.45) is 0. The van der Waals surface area contributed by atoms with E-state index in [9.17, 15) is 0 Å². The van der Waals surface area contributed by atoms with Crippen molar-refractivity contribution in [2.24, 2.45) is 12.8 Å². The summed E-state index contributed by atoms with van der Waals surface area (Å²) in [5.74, 6) is 0.834. The number of aromatic nitrogens is 4. The van der Waals surface area contributed by atoms with Gasteiger partial charge in [-0.25, -0.2) is 0 Å². The summed E-state index contributed by atoms with van der Waals surface area (Å²) in [4.78, 5) is 4.34. The van der Waals surface area contributed by atoms with E-state index < -0.39 is 5.54 Å². The molecule has 0 spiro atoms. The average Bonchev–Trinajstić information content (AvgIpc) is 2.93. The summed E-state index contributed by atoms with van der Waals surface area (Å²) in [7, 11) is 1.83. The molecule has 2 heterocycles. The Kier molecular flexibility index (Phi) is 3.68. The Bertz CT molecular complexity index is 558. The first kappa shape index (κ1) is 13.7. The molecule has 19 heavy (non-hydrogen) atoms. The molecule has 0 radical (unpaired) electrons. The number of hydrogen-bond acceptors (Lipinski definition) is 6. The van der Waals surface area contributed by atoms with Gasteiger partial charge in [0.15, 0.2) is 5.82 Å². The Morgan fingerprint density at radius 2 is 2.26 bits per heavy atom. The number of nitrogens with two attached hydrogens (primary N) is 1. The topological polar surface area (TPSA) is 92.0 Å². The van der Waals surface area contributed by atoms with Gasteiger partial charge in [0.25, 0.3) is 5.89 Å². The highest BCUT2D eigenvalue weighted by molar-refractivity contribution is 5.47. The second kappa shape index (κ2) is 5.10. The lowest BCUT2D eigenvalue weighted by Gasteiger charge is -2.19. The van der Waals surface area contributed by atoms with Crippen LogP contribution in [0.2, 0.25) is 0 Å². The molecule has 0 aliphatic heterocycles. The van der Waals surface area contributed by atoms with E-state index in [1.54, 1.807) is 4.68 Å². The van der Waals surface area contributed by atoms with Gasteiger partial charge in [-0.1, -0.05) is 5.16 Å². The number of ether oxygens (including phenoxy) is 1. The van der Waals surface area contributed by atoms with Crippen LogP contribution in [0.4, 0.5) is 0 Å². The van der Waals surface area contributed by atoms with E-state index in [1.165, 1.54) is 0 Å². The first-order chi connectivity index (χ1) is 8.94. The Labute approximate surface area is 111 Å². The zero-order valence-electron chi connectivity index (χ0n) is 11.7. The second-order valence-corrected chi connectivity index (χ2v) is 4.77. The molecule has 0 aliphatic carbocycles. The van der Waals surface area contributed by atoms with Crippen molar-refractivity contribution in [3.8, 4) is 11.6 Å². The highest BCUT2D eigenvalue weighted by Gasteiger charge is 2.28. The van der Waals surface area contributed by atoms with E-state index in [1.807, 2.05) is 33.9 Å². The lowest BCUT2D eigenvalue weighted by atomic mass is 10.1. The first-order valence-corrected chi connectivity index (χ1v) is 6.16. The fourth-order valence-electron chi connectivity index (χ4n) is 1.75. The molecule has 0 amide bonds. The molecule has 0 aromatic carbocycles. The van der Waals surface area contributed by atoms with Crippen LogP contribution in [0.15, 0.2) is 10.6 Å². The van der Waals surface area contributed by atoms with Gasteiger partial charge in [-0.05, 0) is 26.8 Å². The second-order valence-electron chi connectivity index (χ2n) is 4.77. The van der Waals surface area contributed by atoms with Gasteiger partial charge >= 0.3 is 0 Å². The SMILES string of the molecule is CCOCC(C)(N)c1noc(-c2cc(C)nn2C)n1. The van der Waals surface area contributed by atoms with Crippen LogP contribution in [-0.2, 0) is 17.3 Å². The molecule has 1 unspecified atom stereocenters. The molecule has 7 heteroatoms. The Balaban J connectivity index is 2.26. The molecular weight excluding hydrogens is 246 g/mol. The van der Waals surface area contributed by atoms with Gasteiger partial charge in [-0.2, -0.15) is 10.1 Å². The van der Waals surface area contributed by atoms with Crippen molar-refractivity contribution < 1.29 is 9.26 Å². The standard InChI is InChI=1S/C12H19N5O2/c1-5-18-7-12(3,13)11-14-10(19-16-11)9-6-8(2)15-17(9)4/h6H,5,7,13H2,1-4H3. The van der Waals surface area contributed by atoms with Crippen molar-refractivity contribution in [3.63, 3.8) is 0 Å². The third-order valence-electron chi connectivity index (χ3n) is 2.76. The lowest BCUT2D eigenvalue weighted by Crippen LogP contribution is -2.39. The zero-order chi connectivity index (χ0) is 14.0. The summed E-state index contributed by atoms with van der Waals surface area (Å²) in [6, 6.07) is 1.88. The molecule has 0 bridgehead atoms. The highest BCUT2D eigenvalue weighted by Crippen LogP contribution is 2.21. The quantitative estimate of drug-likeness (QED) is 0.866. The van der Waals surface area contributed by atoms with E-state index in [0.29, 0.717) is 24.9 Å². The lowest BCUT2D eigenvalue weighted by molar-refractivity contribution is 0.0962. The monoisotopic (exact) mass is 265 g/mol. The van der Waals surface area contributed by atoms with E-state index in [2.05, 4.69) is 15.2 Å². The normalized spacial score (nSPS) is 14.6. The maximum absolute atomic E-state index is 6.13. The minimum absolute atomic E-state index is 0.340. The zero-order valence-corrected chi connectivity index (χ0v) is 11.7. The number of hydrogen-bond donors (Lipinski definition) is 1. The summed E-state index contributed by atoms with van der Waals surface area (Å²) in [5.41, 5.74) is 7.01. The van der Waals surface area contributed by atoms with Gasteiger partial charge in [-0.15, -0.1) is 0 Å². The molecule has 0 fully saturated rings. The van der Waals surface area contributed by atoms with Gasteiger partial charge < -0.3 is 15.0 Å². The summed E-state index contributed by atoms with van der Waals surface area (Å²) in [5, 5.41) is 8.18. The van der Waals surface area contributed by atoms with E-state index >= 15 is 0 Å². The largest absolute Gasteiger partial charge is 0.379 e. The fourth-order valence-corrected chi connectivity index (χ4v) is 1.75. The average molecular weight is 265 g/mol. The first-order valence-electron chi connectivity index (χ1n) is 6.16. The third kappa shape index (κ3) is 2.82. The summed E-state index contributed by atoms with van der Waals surface area (Å²) in [6.45, 7) is 6.57. The van der Waals surface area contributed by atoms with Crippen LogP contribution in [0.25, 0.3) is 11.6 Å². The van der Waals surface area contributed by atoms with Gasteiger partial charge in [0.2, 0.25) is 0 Å². The van der Waals surface area contributed by atoms with Crippen molar-refractivity contribution in [2.75, 3.05) is 13.2 Å². The predicted molar refractivity (Wildman–Crippen MR) is 69.3 cm³/mol. The third-order valence-corrected chi connectivity index (χ3v) is 2.76. The van der Waals surface area contributed by atoms with Crippen LogP contribution >= 0.6 is 0 Å². The van der Waals surface area contributed by atoms with Crippen LogP contribution in [0.5, 0.6) is 0 Å². The predicted octanol–water partition coefficient (Wildman–Crippen LogP) is 0.989. The smallest absolute Gasteiger partial charge is 0.276 e. The molecule has 0 aliphatic rings. The molecule has 0 saturated carbocycles. The van der Waals surface area contributed by atoms with E-state index in [4.69, 9.17) is 15.0 Å². The van der Waals surface area contributed by atoms with Crippen molar-refractivity contribution in [2.45, 2.75) is 26.3 Å². The van der Waals surface area contributed by atoms with E-state index in [0.717, 1.165) is 11.4 Å². The number of nitrogens with zero attached hydrogens (tertiary/aromatic N) is 4. The van der Waals surface area contributed by atoms with Crippen molar-refractivity contribution in [1.82, 2.24) is 19.9 Å². The van der Waals surface area contributed by atoms with Gasteiger partial charge in [-0.3, -0.25) is 4.68 Å². The van der Waals surface area contributed by atoms with Crippen LogP contribution in [0.3, 0.4) is 0 Å². The molecule has 0 saturated heterocycles. The van der Waals surface area contributed by atoms with Crippen LogP contribution < -0.4 is 5.73 Å². The molecule has 2 aromatic rings. The van der Waals surface area contributed by atoms with Crippen LogP contribution in [-0.4, -0.2) is 33.1 Å². The minimum Gasteiger partial charge on any atom is -0.379 e. The van der Waals surface area contributed by atoms with Crippen molar-refractivity contribution in [3.05, 3.63) is 17.6 Å². The van der Waals surface area contributed by atoms with Crippen LogP contribution in [0, 0.1) is 6.92 Å². The van der Waals surface area contributed by atoms with Gasteiger partial charge in [0, 0.05) is 13.7 Å². The molecule has 7 nitrogen and oxygen atoms in total. The van der Waals surface area contributed by atoms with Gasteiger partial charge in [0.1, 0.15) is 11.2 Å². The number of rotatable bonds is 5. The Morgan fingerprint density at radius 1 is 1.53 bits per heavy atom. The Hall–Kier alpha value is -1.73. The summed E-state index contributed by atoms with van der Waals surface area (Å²) < 4.78 is 12.3.